The number of thiophene rings is 1. The molecule has 0 saturated carbocycles. The third-order valence-electron chi connectivity index (χ3n) is 3.88. The average Bonchev–Trinajstić information content (AvgIpc) is 3.22. The number of aromatic amines is 1. The summed E-state index contributed by atoms with van der Waals surface area (Å²) in [6.45, 7) is 1.47. The van der Waals surface area contributed by atoms with Crippen molar-refractivity contribution < 1.29 is 19.1 Å². The molecule has 4 N–H and O–H groups in total. The van der Waals surface area contributed by atoms with Gasteiger partial charge in [-0.3, -0.25) is 9.59 Å². The third kappa shape index (κ3) is 3.05. The van der Waals surface area contributed by atoms with Crippen LogP contribution in [0.25, 0.3) is 0 Å². The van der Waals surface area contributed by atoms with Crippen LogP contribution in [0.2, 0.25) is 0 Å². The van der Waals surface area contributed by atoms with Gasteiger partial charge in [-0.25, -0.2) is 4.79 Å². The zero-order valence-corrected chi connectivity index (χ0v) is 13.9. The minimum atomic E-state index is -1.00. The number of fused-ring (bicyclic) bond motifs is 1. The fourth-order valence-electron chi connectivity index (χ4n) is 2.70. The summed E-state index contributed by atoms with van der Waals surface area (Å²) in [4.78, 5) is 39.6. The highest BCUT2D eigenvalue weighted by molar-refractivity contribution is 7.17. The fraction of sp³-hybridized carbons (Fsp3) is 0.312. The first kappa shape index (κ1) is 16.3. The lowest BCUT2D eigenvalue weighted by Crippen LogP contribution is -2.30. The number of aryl methyl sites for hydroxylation is 1. The molecule has 2 aromatic heterocycles. The average molecular weight is 347 g/mol. The molecule has 3 rings (SSSR count). The lowest BCUT2D eigenvalue weighted by molar-refractivity contribution is -0.123. The van der Waals surface area contributed by atoms with Crippen LogP contribution in [0.3, 0.4) is 0 Å². The Hall–Kier alpha value is -2.61. The summed E-state index contributed by atoms with van der Waals surface area (Å²) < 4.78 is 5.11. The van der Waals surface area contributed by atoms with Crippen molar-refractivity contribution >= 4 is 34.1 Å². The quantitative estimate of drug-likeness (QED) is 0.716. The second kappa shape index (κ2) is 6.48. The SMILES string of the molecule is C[C@@H](OC(=O)c1ccc[nH]1)C(=O)Nc1sc2c(c1C(N)=O)CCC2. The van der Waals surface area contributed by atoms with Crippen LogP contribution in [0, 0.1) is 0 Å². The van der Waals surface area contributed by atoms with Crippen LogP contribution < -0.4 is 11.1 Å². The molecule has 2 amide bonds. The van der Waals surface area contributed by atoms with E-state index < -0.39 is 23.9 Å². The Morgan fingerprint density at radius 2 is 2.17 bits per heavy atom. The standard InChI is InChI=1S/C16H17N3O4S/c1-8(23-16(22)10-5-3-7-18-10)14(21)19-15-12(13(17)20)9-4-2-6-11(9)24-15/h3,5,7-8,18H,2,4,6H2,1H3,(H2,17,20)(H,19,21)/t8-/m1/s1. The van der Waals surface area contributed by atoms with Crippen molar-refractivity contribution in [1.29, 1.82) is 0 Å². The number of H-pyrrole nitrogens is 1. The molecule has 0 bridgehead atoms. The number of hydrogen-bond donors (Lipinski definition) is 3. The third-order valence-corrected chi connectivity index (χ3v) is 5.08. The van der Waals surface area contributed by atoms with Crippen molar-refractivity contribution in [3.63, 3.8) is 0 Å². The minimum Gasteiger partial charge on any atom is -0.448 e. The first-order chi connectivity index (χ1) is 11.5. The molecule has 0 aromatic carbocycles. The Morgan fingerprint density at radius 3 is 2.83 bits per heavy atom. The number of hydrogen-bond acceptors (Lipinski definition) is 5. The van der Waals surface area contributed by atoms with E-state index in [1.54, 1.807) is 18.3 Å². The molecule has 1 atom stereocenters. The second-order valence-electron chi connectivity index (χ2n) is 5.55. The Kier molecular flexibility index (Phi) is 4.39. The number of anilines is 1. The number of amides is 2. The predicted octanol–water partition coefficient (Wildman–Crippen LogP) is 1.85. The van der Waals surface area contributed by atoms with E-state index in [9.17, 15) is 14.4 Å². The highest BCUT2D eigenvalue weighted by Gasteiger charge is 2.28. The van der Waals surface area contributed by atoms with Crippen LogP contribution in [0.15, 0.2) is 18.3 Å². The zero-order valence-electron chi connectivity index (χ0n) is 13.0. The van der Waals surface area contributed by atoms with Gasteiger partial charge in [0.05, 0.1) is 5.56 Å². The first-order valence-electron chi connectivity index (χ1n) is 7.57. The molecule has 24 heavy (non-hydrogen) atoms. The topological polar surface area (TPSA) is 114 Å². The maximum Gasteiger partial charge on any atom is 0.355 e. The van der Waals surface area contributed by atoms with E-state index in [-0.39, 0.29) is 5.69 Å². The minimum absolute atomic E-state index is 0.266. The van der Waals surface area contributed by atoms with Gasteiger partial charge in [0.25, 0.3) is 11.8 Å². The molecule has 0 fully saturated rings. The zero-order chi connectivity index (χ0) is 17.3. The van der Waals surface area contributed by atoms with Crippen molar-refractivity contribution in [2.75, 3.05) is 5.32 Å². The number of rotatable bonds is 5. The van der Waals surface area contributed by atoms with Crippen molar-refractivity contribution in [1.82, 2.24) is 4.98 Å². The number of nitrogens with one attached hydrogen (secondary N) is 2. The maximum atomic E-state index is 12.3. The van der Waals surface area contributed by atoms with Gasteiger partial charge in [-0.1, -0.05) is 0 Å². The molecule has 2 heterocycles. The van der Waals surface area contributed by atoms with Gasteiger partial charge in [-0.2, -0.15) is 0 Å². The molecule has 8 heteroatoms. The van der Waals surface area contributed by atoms with Crippen molar-refractivity contribution in [3.8, 4) is 0 Å². The van der Waals surface area contributed by atoms with Crippen molar-refractivity contribution in [3.05, 3.63) is 40.0 Å². The van der Waals surface area contributed by atoms with Crippen LogP contribution in [0.5, 0.6) is 0 Å². The lowest BCUT2D eigenvalue weighted by atomic mass is 10.1. The summed E-state index contributed by atoms with van der Waals surface area (Å²) in [5.74, 6) is -1.68. The van der Waals surface area contributed by atoms with Gasteiger partial charge in [0.1, 0.15) is 10.7 Å². The van der Waals surface area contributed by atoms with Gasteiger partial charge >= 0.3 is 5.97 Å². The molecular formula is C16H17N3O4S. The Bertz CT molecular complexity index is 795. The van der Waals surface area contributed by atoms with Crippen LogP contribution in [-0.2, 0) is 22.4 Å². The van der Waals surface area contributed by atoms with Crippen LogP contribution in [0.4, 0.5) is 5.00 Å². The Balaban J connectivity index is 1.71. The highest BCUT2D eigenvalue weighted by atomic mass is 32.1. The van der Waals surface area contributed by atoms with Crippen molar-refractivity contribution in [2.45, 2.75) is 32.3 Å². The Labute approximate surface area is 142 Å². The monoisotopic (exact) mass is 347 g/mol. The molecule has 1 aliphatic rings. The van der Waals surface area contributed by atoms with Crippen molar-refractivity contribution in [2.24, 2.45) is 5.73 Å². The number of esters is 1. The summed E-state index contributed by atoms with van der Waals surface area (Å²) in [6.07, 6.45) is 3.25. The number of aromatic nitrogens is 1. The number of carbonyl (C=O) groups is 3. The number of carbonyl (C=O) groups excluding carboxylic acids is 3. The second-order valence-corrected chi connectivity index (χ2v) is 6.65. The van der Waals surface area contributed by atoms with E-state index in [1.807, 2.05) is 0 Å². The summed E-state index contributed by atoms with van der Waals surface area (Å²) in [6, 6.07) is 3.22. The van der Waals surface area contributed by atoms with Crippen LogP contribution in [0.1, 0.15) is 44.6 Å². The summed E-state index contributed by atoms with van der Waals surface area (Å²) in [5, 5.41) is 3.09. The van der Waals surface area contributed by atoms with E-state index in [2.05, 4.69) is 10.3 Å². The summed E-state index contributed by atoms with van der Waals surface area (Å²) in [5.41, 5.74) is 7.03. The van der Waals surface area contributed by atoms with E-state index in [4.69, 9.17) is 10.5 Å². The molecule has 126 valence electrons. The number of nitrogens with two attached hydrogens (primary N) is 1. The van der Waals surface area contributed by atoms with Gasteiger partial charge in [-0.15, -0.1) is 11.3 Å². The smallest absolute Gasteiger partial charge is 0.355 e. The molecule has 1 aliphatic carbocycles. The summed E-state index contributed by atoms with van der Waals surface area (Å²) >= 11 is 1.36. The molecular weight excluding hydrogens is 330 g/mol. The van der Waals surface area contributed by atoms with Crippen LogP contribution >= 0.6 is 11.3 Å². The molecule has 0 unspecified atom stereocenters. The molecule has 0 spiro atoms. The highest BCUT2D eigenvalue weighted by Crippen LogP contribution is 2.38. The normalized spacial score (nSPS) is 14.0. The Morgan fingerprint density at radius 1 is 1.38 bits per heavy atom. The predicted molar refractivity (Wildman–Crippen MR) is 89.2 cm³/mol. The largest absolute Gasteiger partial charge is 0.448 e. The van der Waals surface area contributed by atoms with E-state index >= 15 is 0 Å². The van der Waals surface area contributed by atoms with Crippen LogP contribution in [-0.4, -0.2) is 28.9 Å². The van der Waals surface area contributed by atoms with E-state index in [0.717, 1.165) is 29.7 Å². The maximum absolute atomic E-state index is 12.3. The summed E-state index contributed by atoms with van der Waals surface area (Å²) in [7, 11) is 0. The van der Waals surface area contributed by atoms with Gasteiger partial charge in [0, 0.05) is 11.1 Å². The van der Waals surface area contributed by atoms with Gasteiger partial charge in [0.2, 0.25) is 0 Å². The molecule has 0 radical (unpaired) electrons. The number of ether oxygens (including phenoxy) is 1. The van der Waals surface area contributed by atoms with Gasteiger partial charge < -0.3 is 20.8 Å². The molecule has 0 saturated heterocycles. The number of primary amides is 1. The van der Waals surface area contributed by atoms with E-state index in [0.29, 0.717) is 10.6 Å². The lowest BCUT2D eigenvalue weighted by Gasteiger charge is -2.13. The molecule has 2 aromatic rings. The van der Waals surface area contributed by atoms with E-state index in [1.165, 1.54) is 18.3 Å². The van der Waals surface area contributed by atoms with Gasteiger partial charge in [-0.05, 0) is 43.9 Å². The first-order valence-corrected chi connectivity index (χ1v) is 8.38. The molecule has 0 aliphatic heterocycles. The van der Waals surface area contributed by atoms with Gasteiger partial charge in [0.15, 0.2) is 6.10 Å². The fourth-order valence-corrected chi connectivity index (χ4v) is 4.00. The molecule has 7 nitrogen and oxygen atoms in total.